The van der Waals surface area contributed by atoms with Crippen LogP contribution in [-0.2, 0) is 6.54 Å². The smallest absolute Gasteiger partial charge is 0.212 e. The predicted molar refractivity (Wildman–Crippen MR) is 78.2 cm³/mol. The summed E-state index contributed by atoms with van der Waals surface area (Å²) in [5, 5.41) is 4.64. The van der Waals surface area contributed by atoms with Crippen molar-refractivity contribution < 1.29 is 4.79 Å². The van der Waals surface area contributed by atoms with E-state index in [0.29, 0.717) is 27.3 Å². The van der Waals surface area contributed by atoms with Crippen LogP contribution in [-0.4, -0.2) is 15.6 Å². The Morgan fingerprint density at radius 1 is 1.39 bits per heavy atom. The number of nitrogens with zero attached hydrogens (tertiary/aromatic N) is 2. The molecule has 0 amide bonds. The number of hydrogen-bond donors (Lipinski definition) is 0. The van der Waals surface area contributed by atoms with E-state index in [1.807, 2.05) is 6.92 Å². The molecule has 2 aromatic rings. The molecule has 2 rings (SSSR count). The first-order valence-electron chi connectivity index (χ1n) is 5.25. The fraction of sp³-hybridized carbons (Fsp3) is 0.167. The maximum Gasteiger partial charge on any atom is 0.212 e. The van der Waals surface area contributed by atoms with Crippen molar-refractivity contribution in [3.8, 4) is 0 Å². The van der Waals surface area contributed by atoms with Crippen molar-refractivity contribution in [1.29, 1.82) is 0 Å². The third kappa shape index (κ3) is 2.53. The molecule has 0 unspecified atom stereocenters. The first-order valence-corrected chi connectivity index (χ1v) is 7.22. The van der Waals surface area contributed by atoms with Crippen LogP contribution >= 0.6 is 43.5 Å². The van der Waals surface area contributed by atoms with Gasteiger partial charge >= 0.3 is 0 Å². The van der Waals surface area contributed by atoms with Gasteiger partial charge in [-0.05, 0) is 57.0 Å². The van der Waals surface area contributed by atoms with Crippen LogP contribution in [0.3, 0.4) is 0 Å². The molecule has 0 aliphatic rings. The Hall–Kier alpha value is -0.650. The molecule has 3 nitrogen and oxygen atoms in total. The standard InChI is InChI=1S/C12H9Br2ClN2O/c1-2-17-11(9(14)6-16-17)12(18)7-3-4-8(13)10(15)5-7/h3-6H,2H2,1H3. The van der Waals surface area contributed by atoms with E-state index in [1.165, 1.54) is 0 Å². The van der Waals surface area contributed by atoms with Gasteiger partial charge in [-0.2, -0.15) is 5.10 Å². The Morgan fingerprint density at radius 2 is 2.11 bits per heavy atom. The molecule has 0 atom stereocenters. The molecule has 1 aromatic heterocycles. The Balaban J connectivity index is 2.47. The number of rotatable bonds is 3. The fourth-order valence-electron chi connectivity index (χ4n) is 1.60. The van der Waals surface area contributed by atoms with Crippen LogP contribution in [0.15, 0.2) is 33.3 Å². The number of halogens is 3. The summed E-state index contributed by atoms with van der Waals surface area (Å²) in [6, 6.07) is 5.14. The van der Waals surface area contributed by atoms with E-state index < -0.39 is 0 Å². The third-order valence-corrected chi connectivity index (χ3v) is 4.30. The molecule has 1 aromatic carbocycles. The number of hydrogen-bond acceptors (Lipinski definition) is 2. The summed E-state index contributed by atoms with van der Waals surface area (Å²) in [5.74, 6) is -0.101. The van der Waals surface area contributed by atoms with E-state index in [1.54, 1.807) is 29.1 Å². The largest absolute Gasteiger partial charge is 0.287 e. The molecule has 0 spiro atoms. The van der Waals surface area contributed by atoms with Gasteiger partial charge in [-0.1, -0.05) is 11.6 Å². The Kier molecular flexibility index (Phi) is 4.25. The zero-order valence-electron chi connectivity index (χ0n) is 9.45. The zero-order valence-corrected chi connectivity index (χ0v) is 13.4. The number of aryl methyl sites for hydroxylation is 1. The maximum atomic E-state index is 12.4. The van der Waals surface area contributed by atoms with Gasteiger partial charge in [0.05, 0.1) is 15.7 Å². The second kappa shape index (κ2) is 5.55. The zero-order chi connectivity index (χ0) is 13.3. The molecule has 1 heterocycles. The van der Waals surface area contributed by atoms with Gasteiger partial charge in [0, 0.05) is 16.6 Å². The van der Waals surface area contributed by atoms with Crippen molar-refractivity contribution in [2.45, 2.75) is 13.5 Å². The minimum atomic E-state index is -0.101. The van der Waals surface area contributed by atoms with Gasteiger partial charge in [0.15, 0.2) is 0 Å². The Morgan fingerprint density at radius 3 is 2.72 bits per heavy atom. The van der Waals surface area contributed by atoms with E-state index in [0.717, 1.165) is 4.47 Å². The predicted octanol–water partition coefficient (Wildman–Crippen LogP) is 4.31. The highest BCUT2D eigenvalue weighted by Crippen LogP contribution is 2.26. The number of ketones is 1. The van der Waals surface area contributed by atoms with E-state index in [4.69, 9.17) is 11.6 Å². The van der Waals surface area contributed by atoms with Gasteiger partial charge in [-0.15, -0.1) is 0 Å². The van der Waals surface area contributed by atoms with E-state index in [2.05, 4.69) is 37.0 Å². The molecule has 0 bridgehead atoms. The summed E-state index contributed by atoms with van der Waals surface area (Å²) in [7, 11) is 0. The molecule has 0 saturated heterocycles. The van der Waals surface area contributed by atoms with E-state index in [9.17, 15) is 4.79 Å². The van der Waals surface area contributed by atoms with E-state index in [-0.39, 0.29) is 5.78 Å². The van der Waals surface area contributed by atoms with Crippen molar-refractivity contribution in [1.82, 2.24) is 9.78 Å². The average Bonchev–Trinajstić information content (AvgIpc) is 2.73. The highest BCUT2D eigenvalue weighted by molar-refractivity contribution is 9.10. The Labute approximate surface area is 126 Å². The molecular weight excluding hydrogens is 383 g/mol. The summed E-state index contributed by atoms with van der Waals surface area (Å²) in [5.41, 5.74) is 1.08. The quantitative estimate of drug-likeness (QED) is 0.730. The second-order valence-corrected chi connectivity index (χ2v) is 5.73. The number of aromatic nitrogens is 2. The lowest BCUT2D eigenvalue weighted by Gasteiger charge is -2.06. The van der Waals surface area contributed by atoms with Gasteiger partial charge < -0.3 is 0 Å². The number of benzene rings is 1. The van der Waals surface area contributed by atoms with Crippen molar-refractivity contribution in [3.05, 3.63) is 49.6 Å². The van der Waals surface area contributed by atoms with Crippen LogP contribution in [0.25, 0.3) is 0 Å². The van der Waals surface area contributed by atoms with Gasteiger partial charge in [-0.25, -0.2) is 0 Å². The monoisotopic (exact) mass is 390 g/mol. The van der Waals surface area contributed by atoms with Gasteiger partial charge in [0.2, 0.25) is 5.78 Å². The molecule has 0 radical (unpaired) electrons. The number of carbonyl (C=O) groups excluding carboxylic acids is 1. The molecule has 94 valence electrons. The van der Waals surface area contributed by atoms with Crippen LogP contribution < -0.4 is 0 Å². The molecule has 0 N–H and O–H groups in total. The molecule has 6 heteroatoms. The summed E-state index contributed by atoms with van der Waals surface area (Å²) >= 11 is 12.6. The maximum absolute atomic E-state index is 12.4. The molecule has 0 aliphatic carbocycles. The first-order chi connectivity index (χ1) is 8.54. The van der Waals surface area contributed by atoms with Crippen molar-refractivity contribution in [3.63, 3.8) is 0 Å². The van der Waals surface area contributed by atoms with E-state index >= 15 is 0 Å². The average molecular weight is 392 g/mol. The lowest BCUT2D eigenvalue weighted by molar-refractivity contribution is 0.102. The van der Waals surface area contributed by atoms with Crippen molar-refractivity contribution in [2.75, 3.05) is 0 Å². The third-order valence-electron chi connectivity index (χ3n) is 2.49. The summed E-state index contributed by atoms with van der Waals surface area (Å²) in [6.45, 7) is 2.57. The molecule has 0 fully saturated rings. The molecule has 18 heavy (non-hydrogen) atoms. The minimum Gasteiger partial charge on any atom is -0.287 e. The molecular formula is C12H9Br2ClN2O. The van der Waals surface area contributed by atoms with Crippen LogP contribution in [0.4, 0.5) is 0 Å². The highest BCUT2D eigenvalue weighted by Gasteiger charge is 2.18. The second-order valence-electron chi connectivity index (χ2n) is 3.61. The van der Waals surface area contributed by atoms with Crippen LogP contribution in [0.1, 0.15) is 23.0 Å². The first kappa shape index (κ1) is 13.8. The van der Waals surface area contributed by atoms with Crippen LogP contribution in [0, 0.1) is 0 Å². The van der Waals surface area contributed by atoms with Crippen molar-refractivity contribution in [2.24, 2.45) is 0 Å². The lowest BCUT2D eigenvalue weighted by atomic mass is 10.1. The topological polar surface area (TPSA) is 34.9 Å². The number of carbonyl (C=O) groups is 1. The SMILES string of the molecule is CCn1ncc(Br)c1C(=O)c1ccc(Br)c(Cl)c1. The Bertz CT molecular complexity index is 610. The van der Waals surface area contributed by atoms with Crippen LogP contribution in [0.2, 0.25) is 5.02 Å². The fourth-order valence-corrected chi connectivity index (χ4v) is 2.51. The minimum absolute atomic E-state index is 0.101. The summed E-state index contributed by atoms with van der Waals surface area (Å²) in [6.07, 6.45) is 1.62. The van der Waals surface area contributed by atoms with Crippen LogP contribution in [0.5, 0.6) is 0 Å². The molecule has 0 aliphatic heterocycles. The van der Waals surface area contributed by atoms with Gasteiger partial charge in [-0.3, -0.25) is 9.48 Å². The van der Waals surface area contributed by atoms with Gasteiger partial charge in [0.25, 0.3) is 0 Å². The molecule has 0 saturated carbocycles. The van der Waals surface area contributed by atoms with Crippen molar-refractivity contribution >= 4 is 49.2 Å². The van der Waals surface area contributed by atoms with Gasteiger partial charge in [0.1, 0.15) is 5.69 Å². The summed E-state index contributed by atoms with van der Waals surface area (Å²) < 4.78 is 3.11. The summed E-state index contributed by atoms with van der Waals surface area (Å²) in [4.78, 5) is 12.4. The highest BCUT2D eigenvalue weighted by atomic mass is 79.9. The normalized spacial score (nSPS) is 10.7. The lowest BCUT2D eigenvalue weighted by Crippen LogP contribution is -2.11.